The lowest BCUT2D eigenvalue weighted by atomic mass is 10.1. The van der Waals surface area contributed by atoms with Gasteiger partial charge in [-0.15, -0.1) is 11.3 Å². The van der Waals surface area contributed by atoms with Crippen molar-refractivity contribution in [1.29, 1.82) is 0 Å². The van der Waals surface area contributed by atoms with E-state index in [9.17, 15) is 4.39 Å². The van der Waals surface area contributed by atoms with Crippen LogP contribution < -0.4 is 4.74 Å². The molecule has 0 bridgehead atoms. The zero-order valence-corrected chi connectivity index (χ0v) is 15.5. The predicted molar refractivity (Wildman–Crippen MR) is 101 cm³/mol. The zero-order valence-electron chi connectivity index (χ0n) is 14.7. The van der Waals surface area contributed by atoms with Crippen molar-refractivity contribution in [3.8, 4) is 33.2 Å². The van der Waals surface area contributed by atoms with Gasteiger partial charge in [-0.25, -0.2) is 9.37 Å². The Morgan fingerprint density at radius 3 is 2.77 bits per heavy atom. The molecule has 2 aromatic carbocycles. The molecule has 0 saturated heterocycles. The molecule has 0 radical (unpaired) electrons. The molecule has 0 unspecified atom stereocenters. The molecule has 2 heterocycles. The van der Waals surface area contributed by atoms with Gasteiger partial charge in [-0.05, 0) is 44.4 Å². The topological polar surface area (TPSA) is 34.6 Å². The van der Waals surface area contributed by atoms with Gasteiger partial charge >= 0.3 is 0 Å². The van der Waals surface area contributed by atoms with Gasteiger partial charge in [-0.2, -0.15) is 0 Å². The molecule has 0 atom stereocenters. The average molecular weight is 370 g/mol. The first-order chi connectivity index (χ1) is 12.6. The summed E-state index contributed by atoms with van der Waals surface area (Å²) in [6, 6.07) is 12.4. The van der Waals surface area contributed by atoms with E-state index >= 15 is 0 Å². The van der Waals surface area contributed by atoms with E-state index in [1.165, 1.54) is 12.1 Å². The number of benzene rings is 2. The van der Waals surface area contributed by atoms with Crippen LogP contribution in [0.25, 0.3) is 21.7 Å². The molecule has 0 fully saturated rings. The first kappa shape index (κ1) is 17.1. The lowest BCUT2D eigenvalue weighted by Crippen LogP contribution is -2.17. The molecule has 0 saturated carbocycles. The molecule has 0 aliphatic carbocycles. The van der Waals surface area contributed by atoms with Crippen molar-refractivity contribution in [2.75, 3.05) is 27.2 Å². The second kappa shape index (κ2) is 7.15. The highest BCUT2D eigenvalue weighted by Gasteiger charge is 2.25. The fourth-order valence-corrected chi connectivity index (χ4v) is 3.88. The van der Waals surface area contributed by atoms with Crippen LogP contribution in [0.2, 0.25) is 0 Å². The van der Waals surface area contributed by atoms with Crippen LogP contribution in [0.3, 0.4) is 0 Å². The van der Waals surface area contributed by atoms with E-state index in [4.69, 9.17) is 14.5 Å². The van der Waals surface area contributed by atoms with Gasteiger partial charge < -0.3 is 14.4 Å². The van der Waals surface area contributed by atoms with Crippen molar-refractivity contribution in [3.05, 3.63) is 53.3 Å². The summed E-state index contributed by atoms with van der Waals surface area (Å²) in [6.45, 7) is 1.94. The van der Waals surface area contributed by atoms with Crippen molar-refractivity contribution in [2.45, 2.75) is 6.61 Å². The summed E-state index contributed by atoms with van der Waals surface area (Å²) in [4.78, 5) is 7.80. The highest BCUT2D eigenvalue weighted by molar-refractivity contribution is 7.15. The van der Waals surface area contributed by atoms with Crippen LogP contribution in [-0.4, -0.2) is 37.1 Å². The van der Waals surface area contributed by atoms with Gasteiger partial charge in [-0.3, -0.25) is 0 Å². The van der Waals surface area contributed by atoms with E-state index in [1.54, 1.807) is 17.4 Å². The van der Waals surface area contributed by atoms with Crippen LogP contribution in [0.4, 0.5) is 4.39 Å². The van der Waals surface area contributed by atoms with Crippen LogP contribution in [0.15, 0.2) is 42.5 Å². The second-order valence-electron chi connectivity index (χ2n) is 6.38. The first-order valence-electron chi connectivity index (χ1n) is 8.41. The van der Waals surface area contributed by atoms with Crippen LogP contribution in [0.1, 0.15) is 5.01 Å². The molecule has 134 valence electrons. The number of ether oxygens (including phenoxy) is 2. The first-order valence-corrected chi connectivity index (χ1v) is 9.23. The van der Waals surface area contributed by atoms with Gasteiger partial charge in [0.2, 0.25) is 0 Å². The minimum atomic E-state index is -0.305. The van der Waals surface area contributed by atoms with E-state index < -0.39 is 0 Å². The third-order valence-electron chi connectivity index (χ3n) is 4.13. The minimum Gasteiger partial charge on any atom is -0.456 e. The summed E-state index contributed by atoms with van der Waals surface area (Å²) < 4.78 is 25.6. The van der Waals surface area contributed by atoms with E-state index in [1.807, 2.05) is 38.4 Å². The molecule has 4 nitrogen and oxygen atoms in total. The van der Waals surface area contributed by atoms with E-state index in [-0.39, 0.29) is 5.82 Å². The van der Waals surface area contributed by atoms with E-state index in [2.05, 4.69) is 4.90 Å². The van der Waals surface area contributed by atoms with Gasteiger partial charge in [0.25, 0.3) is 0 Å². The number of rotatable bonds is 5. The zero-order chi connectivity index (χ0) is 18.1. The van der Waals surface area contributed by atoms with Gasteiger partial charge in [0.15, 0.2) is 0 Å². The summed E-state index contributed by atoms with van der Waals surface area (Å²) in [6.07, 6.45) is 0. The molecule has 1 aliphatic rings. The molecule has 0 N–H and O–H groups in total. The molecular formula is C20H19FN2O2S. The number of fused-ring (bicyclic) bond motifs is 5. The Balaban J connectivity index is 1.73. The van der Waals surface area contributed by atoms with Crippen molar-refractivity contribution in [1.82, 2.24) is 9.88 Å². The van der Waals surface area contributed by atoms with Crippen LogP contribution >= 0.6 is 11.3 Å². The summed E-state index contributed by atoms with van der Waals surface area (Å²) >= 11 is 1.57. The molecule has 0 spiro atoms. The Kier molecular flexibility index (Phi) is 4.72. The maximum Gasteiger partial charge on any atom is 0.137 e. The lowest BCUT2D eigenvalue weighted by molar-refractivity contribution is 0.105. The molecule has 6 heteroatoms. The third-order valence-corrected chi connectivity index (χ3v) is 5.19. The fraction of sp³-hybridized carbons (Fsp3) is 0.250. The summed E-state index contributed by atoms with van der Waals surface area (Å²) in [5.41, 5.74) is 2.39. The van der Waals surface area contributed by atoms with Gasteiger partial charge in [0.1, 0.15) is 22.3 Å². The van der Waals surface area contributed by atoms with Crippen molar-refractivity contribution < 1.29 is 13.9 Å². The molecule has 0 amide bonds. The molecular weight excluding hydrogens is 351 g/mol. The van der Waals surface area contributed by atoms with E-state index in [0.717, 1.165) is 33.4 Å². The monoisotopic (exact) mass is 370 g/mol. The minimum absolute atomic E-state index is 0.305. The number of thiazole rings is 1. The molecule has 1 aliphatic heterocycles. The smallest absolute Gasteiger partial charge is 0.137 e. The summed E-state index contributed by atoms with van der Waals surface area (Å²) in [5.74, 6) is 1.06. The number of likely N-dealkylation sites (N-methyl/N-ethyl adjacent to an activating group) is 1. The molecule has 26 heavy (non-hydrogen) atoms. The fourth-order valence-electron chi connectivity index (χ4n) is 2.84. The van der Waals surface area contributed by atoms with Gasteiger partial charge in [0, 0.05) is 17.7 Å². The maximum absolute atomic E-state index is 13.9. The highest BCUT2D eigenvalue weighted by Crippen LogP contribution is 2.48. The Bertz CT molecular complexity index is 939. The van der Waals surface area contributed by atoms with Gasteiger partial charge in [0.05, 0.1) is 23.8 Å². The number of hydrogen-bond donors (Lipinski definition) is 0. The Labute approximate surface area is 155 Å². The van der Waals surface area contributed by atoms with Crippen molar-refractivity contribution >= 4 is 11.3 Å². The number of halogens is 1. The highest BCUT2D eigenvalue weighted by atomic mass is 32.1. The van der Waals surface area contributed by atoms with Crippen LogP contribution in [-0.2, 0) is 11.3 Å². The van der Waals surface area contributed by atoms with Crippen molar-refractivity contribution in [2.24, 2.45) is 0 Å². The van der Waals surface area contributed by atoms with Crippen LogP contribution in [0, 0.1) is 5.82 Å². The Morgan fingerprint density at radius 2 is 1.92 bits per heavy atom. The third kappa shape index (κ3) is 3.35. The number of para-hydroxylation sites is 1. The standard InChI is InChI=1S/C20H19FN2O2S/c1-23(2)9-10-24-12-18-22-19-15-11-13(21)7-8-17(15)25-16-6-4-3-5-14(16)20(19)26-18/h3-8,11H,9-10,12H2,1-2H3. The number of aromatic nitrogens is 1. The maximum atomic E-state index is 13.9. The quantitative estimate of drug-likeness (QED) is 0.473. The SMILES string of the molecule is CN(C)CCOCc1nc2c(s1)-c1ccccc1Oc1ccc(F)cc1-2. The Hall–Kier alpha value is -2.28. The largest absolute Gasteiger partial charge is 0.456 e. The summed E-state index contributed by atoms with van der Waals surface area (Å²) in [5, 5.41) is 0.876. The predicted octanol–water partition coefficient (Wildman–Crippen LogP) is 4.80. The number of nitrogens with zero attached hydrogens (tertiary/aromatic N) is 2. The normalized spacial score (nSPS) is 12.2. The lowest BCUT2D eigenvalue weighted by Gasteiger charge is -2.09. The van der Waals surface area contributed by atoms with Gasteiger partial charge in [-0.1, -0.05) is 12.1 Å². The number of hydrogen-bond acceptors (Lipinski definition) is 5. The second-order valence-corrected chi connectivity index (χ2v) is 7.46. The van der Waals surface area contributed by atoms with E-state index in [0.29, 0.717) is 24.5 Å². The molecule has 4 rings (SSSR count). The van der Waals surface area contributed by atoms with Crippen LogP contribution in [0.5, 0.6) is 11.5 Å². The molecule has 1 aromatic heterocycles. The summed E-state index contributed by atoms with van der Waals surface area (Å²) in [7, 11) is 4.02. The Morgan fingerprint density at radius 1 is 1.12 bits per heavy atom. The molecule has 3 aromatic rings. The average Bonchev–Trinajstić information content (AvgIpc) is 2.99. The van der Waals surface area contributed by atoms with Crippen molar-refractivity contribution in [3.63, 3.8) is 0 Å².